The van der Waals surface area contributed by atoms with E-state index in [-0.39, 0.29) is 47.6 Å². The van der Waals surface area contributed by atoms with Crippen molar-refractivity contribution in [1.29, 1.82) is 0 Å². The second-order valence-electron chi connectivity index (χ2n) is 6.17. The molecule has 2 aromatic carbocycles. The van der Waals surface area contributed by atoms with Crippen LogP contribution in [0.4, 0.5) is 4.39 Å². The Balaban J connectivity index is 1.33. The Bertz CT molecular complexity index is 935. The van der Waals surface area contributed by atoms with Crippen molar-refractivity contribution < 1.29 is 23.1 Å². The number of aromatic nitrogens is 2. The van der Waals surface area contributed by atoms with Gasteiger partial charge < -0.3 is 19.8 Å². The number of nitrogens with one attached hydrogen (secondary N) is 2. The van der Waals surface area contributed by atoms with E-state index in [2.05, 4.69) is 20.8 Å². The monoisotopic (exact) mass is 464 g/mol. The van der Waals surface area contributed by atoms with Gasteiger partial charge >= 0.3 is 0 Å². The molecule has 11 heteroatoms. The molecule has 31 heavy (non-hydrogen) atoms. The van der Waals surface area contributed by atoms with Crippen molar-refractivity contribution in [1.82, 2.24) is 20.8 Å². The van der Waals surface area contributed by atoms with Crippen LogP contribution in [0.2, 0.25) is 5.02 Å². The van der Waals surface area contributed by atoms with Gasteiger partial charge in [0.2, 0.25) is 11.8 Å². The average molecular weight is 465 g/mol. The van der Waals surface area contributed by atoms with Crippen molar-refractivity contribution in [3.8, 4) is 5.75 Å². The third-order valence-corrected chi connectivity index (χ3v) is 4.87. The highest BCUT2D eigenvalue weighted by Crippen LogP contribution is 2.16. The number of halogens is 2. The maximum absolute atomic E-state index is 12.9. The zero-order valence-electron chi connectivity index (χ0n) is 16.1. The fraction of sp³-hybridized carbons (Fsp3) is 0.200. The highest BCUT2D eigenvalue weighted by Gasteiger charge is 2.11. The molecule has 0 aliphatic carbocycles. The number of carbonyl (C=O) groups excluding carboxylic acids is 2. The van der Waals surface area contributed by atoms with Crippen molar-refractivity contribution in [2.75, 3.05) is 12.4 Å². The zero-order chi connectivity index (χ0) is 22.1. The summed E-state index contributed by atoms with van der Waals surface area (Å²) >= 11 is 6.86. The molecule has 2 amide bonds. The van der Waals surface area contributed by atoms with Crippen LogP contribution in [0.15, 0.2) is 58.2 Å². The van der Waals surface area contributed by atoms with E-state index in [1.807, 2.05) is 0 Å². The van der Waals surface area contributed by atoms with Crippen LogP contribution in [0.3, 0.4) is 0 Å². The summed E-state index contributed by atoms with van der Waals surface area (Å²) < 4.78 is 23.6. The summed E-state index contributed by atoms with van der Waals surface area (Å²) in [6.07, 6.45) is 0. The van der Waals surface area contributed by atoms with E-state index < -0.39 is 0 Å². The lowest BCUT2D eigenvalue weighted by atomic mass is 10.2. The molecule has 1 heterocycles. The van der Waals surface area contributed by atoms with E-state index in [4.69, 9.17) is 20.8 Å². The molecule has 1 aromatic heterocycles. The molecule has 0 spiro atoms. The number of hydrogen-bond acceptors (Lipinski definition) is 7. The zero-order valence-corrected chi connectivity index (χ0v) is 17.7. The predicted molar refractivity (Wildman–Crippen MR) is 112 cm³/mol. The lowest BCUT2D eigenvalue weighted by Crippen LogP contribution is -2.28. The van der Waals surface area contributed by atoms with Gasteiger partial charge in [-0.3, -0.25) is 9.59 Å². The molecule has 3 rings (SSSR count). The van der Waals surface area contributed by atoms with Crippen LogP contribution in [0.5, 0.6) is 5.75 Å². The average Bonchev–Trinajstić information content (AvgIpc) is 3.23. The fourth-order valence-corrected chi connectivity index (χ4v) is 2.99. The molecule has 0 saturated heterocycles. The van der Waals surface area contributed by atoms with Gasteiger partial charge in [-0.05, 0) is 42.0 Å². The molecular formula is C20H18ClFN4O4S. The first-order valence-corrected chi connectivity index (χ1v) is 10.5. The summed E-state index contributed by atoms with van der Waals surface area (Å²) in [5.74, 6) is -0.125. The summed E-state index contributed by atoms with van der Waals surface area (Å²) in [5, 5.41) is 13.7. The van der Waals surface area contributed by atoms with Crippen molar-refractivity contribution in [3.05, 3.63) is 70.8 Å². The van der Waals surface area contributed by atoms with Gasteiger partial charge in [-0.15, -0.1) is 10.2 Å². The normalized spacial score (nSPS) is 10.5. The van der Waals surface area contributed by atoms with E-state index in [0.717, 1.165) is 17.3 Å². The van der Waals surface area contributed by atoms with Crippen LogP contribution in [0.25, 0.3) is 0 Å². The Morgan fingerprint density at radius 3 is 2.45 bits per heavy atom. The Morgan fingerprint density at radius 1 is 1.00 bits per heavy atom. The molecule has 3 aromatic rings. The smallest absolute Gasteiger partial charge is 0.277 e. The highest BCUT2D eigenvalue weighted by molar-refractivity contribution is 7.99. The van der Waals surface area contributed by atoms with Crippen molar-refractivity contribution in [2.24, 2.45) is 0 Å². The quantitative estimate of drug-likeness (QED) is 0.444. The van der Waals surface area contributed by atoms with E-state index in [0.29, 0.717) is 17.3 Å². The van der Waals surface area contributed by atoms with Gasteiger partial charge in [0.15, 0.2) is 6.61 Å². The molecule has 0 aliphatic rings. The Morgan fingerprint density at radius 2 is 1.71 bits per heavy atom. The topological polar surface area (TPSA) is 106 Å². The van der Waals surface area contributed by atoms with Crippen molar-refractivity contribution >= 4 is 35.2 Å². The molecule has 2 N–H and O–H groups in total. The van der Waals surface area contributed by atoms with E-state index >= 15 is 0 Å². The summed E-state index contributed by atoms with van der Waals surface area (Å²) in [7, 11) is 0. The number of rotatable bonds is 10. The maximum Gasteiger partial charge on any atom is 0.277 e. The minimum Gasteiger partial charge on any atom is -0.484 e. The summed E-state index contributed by atoms with van der Waals surface area (Å²) in [6, 6.07) is 12.5. The summed E-state index contributed by atoms with van der Waals surface area (Å²) in [6.45, 7) is 0.150. The van der Waals surface area contributed by atoms with Gasteiger partial charge in [-0.1, -0.05) is 35.5 Å². The first-order valence-electron chi connectivity index (χ1n) is 9.09. The molecule has 162 valence electrons. The standard InChI is InChI=1S/C20H18ClFN4O4S/c21-14-3-7-16(8-4-14)29-11-17(27)24-10-19-25-26-20(30-19)31-12-18(28)23-9-13-1-5-15(22)6-2-13/h1-8H,9-12H2,(H,23,28)(H,24,27). The second kappa shape index (κ2) is 11.3. The van der Waals surface area contributed by atoms with Crippen LogP contribution in [-0.4, -0.2) is 34.4 Å². The lowest BCUT2D eigenvalue weighted by molar-refractivity contribution is -0.123. The lowest BCUT2D eigenvalue weighted by Gasteiger charge is -2.06. The van der Waals surface area contributed by atoms with E-state index in [1.165, 1.54) is 12.1 Å². The van der Waals surface area contributed by atoms with Gasteiger partial charge in [-0.25, -0.2) is 4.39 Å². The SMILES string of the molecule is O=C(COc1ccc(Cl)cc1)NCc1nnc(SCC(=O)NCc2ccc(F)cc2)o1. The molecular weight excluding hydrogens is 447 g/mol. The van der Waals surface area contributed by atoms with Crippen LogP contribution in [-0.2, 0) is 22.7 Å². The highest BCUT2D eigenvalue weighted by atomic mass is 35.5. The van der Waals surface area contributed by atoms with Crippen LogP contribution < -0.4 is 15.4 Å². The number of ether oxygens (including phenoxy) is 1. The number of amides is 2. The summed E-state index contributed by atoms with van der Waals surface area (Å²) in [4.78, 5) is 23.8. The molecule has 0 unspecified atom stereocenters. The van der Waals surface area contributed by atoms with Gasteiger partial charge in [0, 0.05) is 11.6 Å². The maximum atomic E-state index is 12.9. The van der Waals surface area contributed by atoms with Gasteiger partial charge in [0.25, 0.3) is 11.1 Å². The summed E-state index contributed by atoms with van der Waals surface area (Å²) in [5.41, 5.74) is 0.788. The minimum atomic E-state index is -0.359. The Kier molecular flexibility index (Phi) is 8.25. The Labute approximate surface area is 186 Å². The molecule has 8 nitrogen and oxygen atoms in total. The molecule has 0 aliphatic heterocycles. The molecule has 0 atom stereocenters. The molecule has 0 saturated carbocycles. The third-order valence-electron chi connectivity index (χ3n) is 3.80. The van der Waals surface area contributed by atoms with Gasteiger partial charge in [0.05, 0.1) is 12.3 Å². The minimum absolute atomic E-state index is 0.0349. The van der Waals surface area contributed by atoms with Crippen molar-refractivity contribution in [3.63, 3.8) is 0 Å². The molecule has 0 bridgehead atoms. The number of carbonyl (C=O) groups is 2. The number of benzene rings is 2. The van der Waals surface area contributed by atoms with E-state index in [1.54, 1.807) is 36.4 Å². The Hall–Kier alpha value is -3.11. The molecule has 0 radical (unpaired) electrons. The number of hydrogen-bond donors (Lipinski definition) is 2. The van der Waals surface area contributed by atoms with Crippen LogP contribution in [0, 0.1) is 5.82 Å². The van der Waals surface area contributed by atoms with E-state index in [9.17, 15) is 14.0 Å². The number of nitrogens with zero attached hydrogens (tertiary/aromatic N) is 2. The first-order chi connectivity index (χ1) is 15.0. The van der Waals surface area contributed by atoms with Crippen molar-refractivity contribution in [2.45, 2.75) is 18.3 Å². The van der Waals surface area contributed by atoms with Gasteiger partial charge in [0.1, 0.15) is 11.6 Å². The largest absolute Gasteiger partial charge is 0.484 e. The fourth-order valence-electron chi connectivity index (χ4n) is 2.25. The van der Waals surface area contributed by atoms with Crippen LogP contribution >= 0.6 is 23.4 Å². The third kappa shape index (κ3) is 7.91. The predicted octanol–water partition coefficient (Wildman–Crippen LogP) is 2.97. The number of thioether (sulfide) groups is 1. The van der Waals surface area contributed by atoms with Gasteiger partial charge in [-0.2, -0.15) is 0 Å². The first kappa shape index (κ1) is 22.6. The van der Waals surface area contributed by atoms with Crippen LogP contribution in [0.1, 0.15) is 11.5 Å². The molecule has 0 fully saturated rings. The second-order valence-corrected chi connectivity index (χ2v) is 7.54.